The number of nitrogens with zero attached hydrogens (tertiary/aromatic N) is 1. The van der Waals surface area contributed by atoms with Crippen LogP contribution in [0, 0.1) is 0 Å². The fourth-order valence-electron chi connectivity index (χ4n) is 2.18. The summed E-state index contributed by atoms with van der Waals surface area (Å²) < 4.78 is 5.35. The summed E-state index contributed by atoms with van der Waals surface area (Å²) in [5, 5.41) is 3.47. The van der Waals surface area contributed by atoms with Gasteiger partial charge < -0.3 is 15.8 Å². The molecule has 1 aliphatic rings. The van der Waals surface area contributed by atoms with Gasteiger partial charge >= 0.3 is 0 Å². The number of rotatable bonds is 4. The number of thiocarbonyl (C=S) groups is 1. The highest BCUT2D eigenvalue weighted by Gasteiger charge is 2.24. The van der Waals surface area contributed by atoms with Gasteiger partial charge in [-0.15, -0.1) is 0 Å². The second kappa shape index (κ2) is 5.42. The molecule has 2 atom stereocenters. The Morgan fingerprint density at radius 1 is 1.59 bits per heavy atom. The van der Waals surface area contributed by atoms with Crippen LogP contribution >= 0.6 is 12.2 Å². The highest BCUT2D eigenvalue weighted by molar-refractivity contribution is 7.80. The largest absolute Gasteiger partial charge is 0.388 e. The van der Waals surface area contributed by atoms with E-state index in [1.54, 1.807) is 13.3 Å². The predicted octanol–water partition coefficient (Wildman–Crippen LogP) is 1.70. The van der Waals surface area contributed by atoms with Gasteiger partial charge in [0.15, 0.2) is 0 Å². The van der Waals surface area contributed by atoms with Crippen molar-refractivity contribution < 1.29 is 4.74 Å². The Hall–Kier alpha value is -1.20. The molecule has 0 spiro atoms. The zero-order valence-corrected chi connectivity index (χ0v) is 10.7. The minimum absolute atomic E-state index is 0.329. The number of anilines is 1. The lowest BCUT2D eigenvalue weighted by molar-refractivity contribution is 0.108. The molecule has 0 radical (unpaired) electrons. The van der Waals surface area contributed by atoms with Gasteiger partial charge in [-0.05, 0) is 31.4 Å². The summed E-state index contributed by atoms with van der Waals surface area (Å²) in [7, 11) is 1.77. The minimum Gasteiger partial charge on any atom is -0.388 e. The van der Waals surface area contributed by atoms with Gasteiger partial charge in [0, 0.05) is 25.0 Å². The molecule has 5 heteroatoms. The monoisotopic (exact) mass is 251 g/mol. The number of nitrogens with one attached hydrogen (secondary N) is 1. The van der Waals surface area contributed by atoms with Gasteiger partial charge in [-0.1, -0.05) is 12.2 Å². The molecule has 1 fully saturated rings. The molecule has 2 rings (SSSR count). The molecule has 1 aliphatic carbocycles. The van der Waals surface area contributed by atoms with Crippen LogP contribution in [0.2, 0.25) is 0 Å². The van der Waals surface area contributed by atoms with Crippen molar-refractivity contribution in [2.45, 2.75) is 31.4 Å². The predicted molar refractivity (Wildman–Crippen MR) is 72.2 cm³/mol. The van der Waals surface area contributed by atoms with Gasteiger partial charge in [0.25, 0.3) is 0 Å². The lowest BCUT2D eigenvalue weighted by Gasteiger charge is -2.14. The van der Waals surface area contributed by atoms with Crippen molar-refractivity contribution in [1.29, 1.82) is 0 Å². The Morgan fingerprint density at radius 2 is 2.41 bits per heavy atom. The van der Waals surface area contributed by atoms with Crippen LogP contribution in [0.25, 0.3) is 0 Å². The number of methoxy groups -OCH3 is 1. The molecule has 3 N–H and O–H groups in total. The van der Waals surface area contributed by atoms with Crippen LogP contribution in [-0.4, -0.2) is 29.2 Å². The van der Waals surface area contributed by atoms with Crippen molar-refractivity contribution >= 4 is 22.9 Å². The zero-order chi connectivity index (χ0) is 12.3. The molecule has 0 bridgehead atoms. The lowest BCUT2D eigenvalue weighted by Crippen LogP contribution is -2.18. The van der Waals surface area contributed by atoms with E-state index in [1.165, 1.54) is 0 Å². The first-order chi connectivity index (χ1) is 8.19. The maximum atomic E-state index is 5.56. The smallest absolute Gasteiger partial charge is 0.122 e. The van der Waals surface area contributed by atoms with E-state index in [0.717, 1.165) is 24.9 Å². The van der Waals surface area contributed by atoms with E-state index in [0.29, 0.717) is 22.8 Å². The van der Waals surface area contributed by atoms with E-state index in [9.17, 15) is 0 Å². The van der Waals surface area contributed by atoms with Crippen molar-refractivity contribution in [2.24, 2.45) is 5.73 Å². The van der Waals surface area contributed by atoms with Crippen molar-refractivity contribution in [3.8, 4) is 0 Å². The van der Waals surface area contributed by atoms with Gasteiger partial charge in [-0.25, -0.2) is 0 Å². The average Bonchev–Trinajstić information content (AvgIpc) is 2.77. The summed E-state index contributed by atoms with van der Waals surface area (Å²) >= 11 is 4.91. The fourth-order valence-corrected chi connectivity index (χ4v) is 2.29. The molecule has 1 heterocycles. The first-order valence-electron chi connectivity index (χ1n) is 5.74. The van der Waals surface area contributed by atoms with Crippen LogP contribution in [0.1, 0.15) is 25.0 Å². The maximum Gasteiger partial charge on any atom is 0.122 e. The molecular weight excluding hydrogens is 234 g/mol. The first-order valence-corrected chi connectivity index (χ1v) is 6.15. The number of ether oxygens (including phenoxy) is 1. The molecule has 0 aromatic carbocycles. The Bertz CT molecular complexity index is 410. The van der Waals surface area contributed by atoms with E-state index in [2.05, 4.69) is 10.3 Å². The van der Waals surface area contributed by atoms with Gasteiger partial charge in [-0.2, -0.15) is 0 Å². The van der Waals surface area contributed by atoms with E-state index in [4.69, 9.17) is 22.7 Å². The summed E-state index contributed by atoms with van der Waals surface area (Å²) in [6.07, 6.45) is 5.38. The zero-order valence-electron chi connectivity index (χ0n) is 9.85. The molecule has 1 aromatic heterocycles. The Labute approximate surface area is 107 Å². The van der Waals surface area contributed by atoms with Gasteiger partial charge in [0.2, 0.25) is 0 Å². The topological polar surface area (TPSA) is 60.2 Å². The third kappa shape index (κ3) is 3.14. The number of pyridine rings is 1. The molecule has 92 valence electrons. The van der Waals surface area contributed by atoms with Crippen LogP contribution in [-0.2, 0) is 4.74 Å². The molecule has 2 unspecified atom stereocenters. The molecule has 1 aromatic rings. The highest BCUT2D eigenvalue weighted by Crippen LogP contribution is 2.24. The van der Waals surface area contributed by atoms with Crippen LogP contribution in [0.15, 0.2) is 18.3 Å². The quantitative estimate of drug-likeness (QED) is 0.798. The molecule has 4 nitrogen and oxygen atoms in total. The Morgan fingerprint density at radius 3 is 3.06 bits per heavy atom. The van der Waals surface area contributed by atoms with E-state index >= 15 is 0 Å². The summed E-state index contributed by atoms with van der Waals surface area (Å²) in [5.41, 5.74) is 7.23. The number of hydrogen-bond acceptors (Lipinski definition) is 4. The third-order valence-corrected chi connectivity index (χ3v) is 3.31. The van der Waals surface area contributed by atoms with Crippen LogP contribution < -0.4 is 11.1 Å². The summed E-state index contributed by atoms with van der Waals surface area (Å²) in [4.78, 5) is 4.44. The van der Waals surface area contributed by atoms with Crippen molar-refractivity contribution in [2.75, 3.05) is 12.4 Å². The fraction of sp³-hybridized carbons (Fsp3) is 0.500. The maximum absolute atomic E-state index is 5.56. The highest BCUT2D eigenvalue weighted by atomic mass is 32.1. The second-order valence-electron chi connectivity index (χ2n) is 4.31. The summed E-state index contributed by atoms with van der Waals surface area (Å²) in [6.45, 7) is 0. The molecule has 17 heavy (non-hydrogen) atoms. The van der Waals surface area contributed by atoms with Crippen molar-refractivity contribution in [3.05, 3.63) is 24.0 Å². The standard InChI is InChI=1S/C12H17N3OS/c1-16-10-3-2-8(6-10)15-9-4-5-14-11(7-9)12(13)17/h4-5,7-8,10H,2-3,6H2,1H3,(H2,13,17)(H,14,15). The number of aromatic nitrogens is 1. The van der Waals surface area contributed by atoms with Gasteiger partial charge in [-0.3, -0.25) is 4.98 Å². The molecular formula is C12H17N3OS. The van der Waals surface area contributed by atoms with Crippen LogP contribution in [0.3, 0.4) is 0 Å². The van der Waals surface area contributed by atoms with Crippen molar-refractivity contribution in [3.63, 3.8) is 0 Å². The van der Waals surface area contributed by atoms with Gasteiger partial charge in [0.05, 0.1) is 11.8 Å². The summed E-state index contributed by atoms with van der Waals surface area (Å²) in [5.74, 6) is 0. The van der Waals surface area contributed by atoms with E-state index in [1.807, 2.05) is 12.1 Å². The Kier molecular flexibility index (Phi) is 3.91. The lowest BCUT2D eigenvalue weighted by atomic mass is 10.2. The molecule has 1 saturated carbocycles. The van der Waals surface area contributed by atoms with Gasteiger partial charge in [0.1, 0.15) is 4.99 Å². The van der Waals surface area contributed by atoms with E-state index < -0.39 is 0 Å². The van der Waals surface area contributed by atoms with Crippen LogP contribution in [0.5, 0.6) is 0 Å². The SMILES string of the molecule is COC1CCC(Nc2ccnc(C(N)=S)c2)C1. The van der Waals surface area contributed by atoms with Crippen LogP contribution in [0.4, 0.5) is 5.69 Å². The molecule has 0 amide bonds. The number of hydrogen-bond donors (Lipinski definition) is 2. The van der Waals surface area contributed by atoms with E-state index in [-0.39, 0.29) is 0 Å². The summed E-state index contributed by atoms with van der Waals surface area (Å²) in [6, 6.07) is 4.28. The minimum atomic E-state index is 0.329. The number of nitrogens with two attached hydrogens (primary N) is 1. The second-order valence-corrected chi connectivity index (χ2v) is 4.75. The van der Waals surface area contributed by atoms with Crippen molar-refractivity contribution in [1.82, 2.24) is 4.98 Å². The molecule has 0 saturated heterocycles. The first kappa shape index (κ1) is 12.3. The Balaban J connectivity index is 1.99. The average molecular weight is 251 g/mol. The normalized spacial score (nSPS) is 23.6. The molecule has 0 aliphatic heterocycles. The third-order valence-electron chi connectivity index (χ3n) is 3.10.